The normalized spacial score (nSPS) is 10.0. The summed E-state index contributed by atoms with van der Waals surface area (Å²) in [5.74, 6) is 2.48. The minimum atomic E-state index is 0.833. The summed E-state index contributed by atoms with van der Waals surface area (Å²) < 4.78 is 0. The molecule has 0 unspecified atom stereocenters. The molecule has 0 radical (unpaired) electrons. The Balaban J connectivity index is 2.60. The first-order chi connectivity index (χ1) is 4.41. The maximum absolute atomic E-state index is 5.32. The van der Waals surface area contributed by atoms with E-state index in [1.807, 2.05) is 21.6 Å². The highest BCUT2D eigenvalue weighted by Gasteiger charge is 1.86. The number of hydrogen-bond acceptors (Lipinski definition) is 3. The van der Waals surface area contributed by atoms with Gasteiger partial charge in [-0.2, -0.15) is 0 Å². The van der Waals surface area contributed by atoms with Gasteiger partial charge < -0.3 is 5.73 Å². The van der Waals surface area contributed by atoms with Crippen LogP contribution in [0.25, 0.3) is 0 Å². The summed E-state index contributed by atoms with van der Waals surface area (Å²) >= 11 is 0. The molecule has 1 nitrogen and oxygen atoms in total. The molecule has 0 aliphatic heterocycles. The van der Waals surface area contributed by atoms with Crippen molar-refractivity contribution in [1.29, 1.82) is 0 Å². The van der Waals surface area contributed by atoms with E-state index >= 15 is 0 Å². The standard InChI is InChI=1S/C6H15NS2/c1-2-5-8-9-6-3-4-7/h2-7H2,1H3. The van der Waals surface area contributed by atoms with Gasteiger partial charge in [-0.3, -0.25) is 0 Å². The molecule has 3 heteroatoms. The first kappa shape index (κ1) is 9.66. The zero-order valence-corrected chi connectivity index (χ0v) is 7.56. The molecule has 0 atom stereocenters. The van der Waals surface area contributed by atoms with Crippen LogP contribution >= 0.6 is 21.6 Å². The van der Waals surface area contributed by atoms with Crippen LogP contribution in [0.4, 0.5) is 0 Å². The maximum atomic E-state index is 5.32. The highest BCUT2D eigenvalue weighted by atomic mass is 33.1. The van der Waals surface area contributed by atoms with Gasteiger partial charge in [0.25, 0.3) is 0 Å². The molecule has 0 aliphatic carbocycles. The van der Waals surface area contributed by atoms with E-state index in [0.29, 0.717) is 0 Å². The second kappa shape index (κ2) is 8.66. The minimum Gasteiger partial charge on any atom is -0.330 e. The number of nitrogens with two attached hydrogens (primary N) is 1. The van der Waals surface area contributed by atoms with Crippen LogP contribution in [0.3, 0.4) is 0 Å². The molecule has 0 spiro atoms. The van der Waals surface area contributed by atoms with E-state index in [1.54, 1.807) is 0 Å². The molecule has 9 heavy (non-hydrogen) atoms. The van der Waals surface area contributed by atoms with Gasteiger partial charge >= 0.3 is 0 Å². The van der Waals surface area contributed by atoms with E-state index in [9.17, 15) is 0 Å². The third kappa shape index (κ3) is 8.66. The van der Waals surface area contributed by atoms with Crippen LogP contribution in [0, 0.1) is 0 Å². The Kier molecular flexibility index (Phi) is 9.30. The van der Waals surface area contributed by atoms with Crippen molar-refractivity contribution in [2.24, 2.45) is 5.73 Å². The van der Waals surface area contributed by atoms with Crippen molar-refractivity contribution in [1.82, 2.24) is 0 Å². The zero-order valence-electron chi connectivity index (χ0n) is 5.93. The molecule has 0 heterocycles. The van der Waals surface area contributed by atoms with E-state index in [-0.39, 0.29) is 0 Å². The topological polar surface area (TPSA) is 26.0 Å². The molecule has 56 valence electrons. The average Bonchev–Trinajstić information content (AvgIpc) is 1.89. The summed E-state index contributed by atoms with van der Waals surface area (Å²) in [6.07, 6.45) is 2.43. The largest absolute Gasteiger partial charge is 0.330 e. The Hall–Kier alpha value is 0.660. The summed E-state index contributed by atoms with van der Waals surface area (Å²) in [4.78, 5) is 0. The van der Waals surface area contributed by atoms with Gasteiger partial charge in [0.15, 0.2) is 0 Å². The highest BCUT2D eigenvalue weighted by molar-refractivity contribution is 8.76. The van der Waals surface area contributed by atoms with E-state index < -0.39 is 0 Å². The van der Waals surface area contributed by atoms with Crippen molar-refractivity contribution in [3.05, 3.63) is 0 Å². The Bertz CT molecular complexity index is 44.3. The quantitative estimate of drug-likeness (QED) is 0.482. The van der Waals surface area contributed by atoms with Crippen LogP contribution in [0.15, 0.2) is 0 Å². The van der Waals surface area contributed by atoms with Crippen LogP contribution in [0.2, 0.25) is 0 Å². The molecular weight excluding hydrogens is 150 g/mol. The third-order valence-corrected chi connectivity index (χ3v) is 3.50. The molecule has 0 aromatic rings. The molecule has 0 aliphatic rings. The fourth-order valence-electron chi connectivity index (χ4n) is 0.343. The van der Waals surface area contributed by atoms with Crippen LogP contribution in [-0.4, -0.2) is 18.1 Å². The predicted molar refractivity (Wildman–Crippen MR) is 48.9 cm³/mol. The predicted octanol–water partition coefficient (Wildman–Crippen LogP) is 2.13. The van der Waals surface area contributed by atoms with Gasteiger partial charge in [-0.05, 0) is 19.4 Å². The molecule has 0 aromatic heterocycles. The maximum Gasteiger partial charge on any atom is 0.00489 e. The monoisotopic (exact) mass is 165 g/mol. The van der Waals surface area contributed by atoms with Gasteiger partial charge in [-0.1, -0.05) is 28.5 Å². The van der Waals surface area contributed by atoms with Crippen LogP contribution in [0.1, 0.15) is 19.8 Å². The first-order valence-electron chi connectivity index (χ1n) is 3.36. The molecule has 2 N–H and O–H groups in total. The van der Waals surface area contributed by atoms with Crippen molar-refractivity contribution in [3.63, 3.8) is 0 Å². The van der Waals surface area contributed by atoms with E-state index in [2.05, 4.69) is 6.92 Å². The lowest BCUT2D eigenvalue weighted by Gasteiger charge is -1.95. The van der Waals surface area contributed by atoms with E-state index in [1.165, 1.54) is 17.9 Å². The summed E-state index contributed by atoms with van der Waals surface area (Å²) in [5, 5.41) is 0. The van der Waals surface area contributed by atoms with E-state index in [4.69, 9.17) is 5.73 Å². The van der Waals surface area contributed by atoms with Crippen molar-refractivity contribution in [2.75, 3.05) is 18.1 Å². The van der Waals surface area contributed by atoms with Crippen molar-refractivity contribution in [2.45, 2.75) is 19.8 Å². The second-order valence-electron chi connectivity index (χ2n) is 1.79. The van der Waals surface area contributed by atoms with Crippen molar-refractivity contribution in [3.8, 4) is 0 Å². The van der Waals surface area contributed by atoms with Crippen LogP contribution in [0.5, 0.6) is 0 Å². The summed E-state index contributed by atoms with van der Waals surface area (Å²) in [6, 6.07) is 0. The Morgan fingerprint density at radius 1 is 1.22 bits per heavy atom. The summed E-state index contributed by atoms with van der Waals surface area (Å²) in [7, 11) is 3.89. The van der Waals surface area contributed by atoms with Crippen LogP contribution in [-0.2, 0) is 0 Å². The summed E-state index contributed by atoms with van der Waals surface area (Å²) in [6.45, 7) is 3.04. The molecule has 0 saturated heterocycles. The Labute approximate surface area is 65.6 Å². The van der Waals surface area contributed by atoms with Crippen molar-refractivity contribution >= 4 is 21.6 Å². The molecule has 0 rings (SSSR count). The van der Waals surface area contributed by atoms with Crippen molar-refractivity contribution < 1.29 is 0 Å². The van der Waals surface area contributed by atoms with Gasteiger partial charge in [0, 0.05) is 11.5 Å². The molecule has 0 aromatic carbocycles. The van der Waals surface area contributed by atoms with E-state index in [0.717, 1.165) is 13.0 Å². The first-order valence-corrected chi connectivity index (χ1v) is 5.85. The molecule has 0 fully saturated rings. The van der Waals surface area contributed by atoms with Crippen LogP contribution < -0.4 is 5.73 Å². The van der Waals surface area contributed by atoms with Gasteiger partial charge in [-0.25, -0.2) is 0 Å². The van der Waals surface area contributed by atoms with Gasteiger partial charge in [0.2, 0.25) is 0 Å². The zero-order chi connectivity index (χ0) is 6.95. The minimum absolute atomic E-state index is 0.833. The smallest absolute Gasteiger partial charge is 0.00489 e. The lowest BCUT2D eigenvalue weighted by molar-refractivity contribution is 0.945. The molecule has 0 saturated carbocycles. The van der Waals surface area contributed by atoms with Gasteiger partial charge in [-0.15, -0.1) is 0 Å². The number of hydrogen-bond donors (Lipinski definition) is 1. The lowest BCUT2D eigenvalue weighted by Crippen LogP contribution is -1.98. The molecule has 0 bridgehead atoms. The second-order valence-corrected chi connectivity index (χ2v) is 4.49. The lowest BCUT2D eigenvalue weighted by atomic mass is 10.5. The SMILES string of the molecule is CCCSSCCCN. The Morgan fingerprint density at radius 3 is 2.44 bits per heavy atom. The van der Waals surface area contributed by atoms with Gasteiger partial charge in [0.1, 0.15) is 0 Å². The Morgan fingerprint density at radius 2 is 1.89 bits per heavy atom. The summed E-state index contributed by atoms with van der Waals surface area (Å²) in [5.41, 5.74) is 5.32. The highest BCUT2D eigenvalue weighted by Crippen LogP contribution is 2.21. The third-order valence-electron chi connectivity index (χ3n) is 0.803. The number of rotatable bonds is 6. The average molecular weight is 165 g/mol. The fraction of sp³-hybridized carbons (Fsp3) is 1.00. The fourth-order valence-corrected chi connectivity index (χ4v) is 2.59. The molecular formula is C6H15NS2. The molecule has 0 amide bonds. The van der Waals surface area contributed by atoms with Gasteiger partial charge in [0.05, 0.1) is 0 Å².